The Labute approximate surface area is 425 Å². The van der Waals surface area contributed by atoms with Gasteiger partial charge >= 0.3 is 0 Å². The smallest absolute Gasteiger partial charge is 0.255 e. The van der Waals surface area contributed by atoms with Gasteiger partial charge in [-0.15, -0.1) is 0 Å². The molecule has 0 bridgehead atoms. The van der Waals surface area contributed by atoms with Crippen LogP contribution in [0.5, 0.6) is 5.75 Å². The Morgan fingerprint density at radius 1 is 0.901 bits per heavy atom. The van der Waals surface area contributed by atoms with Gasteiger partial charge in [-0.05, 0) is 148 Å². The van der Waals surface area contributed by atoms with E-state index in [1.807, 2.05) is 24.3 Å². The lowest BCUT2D eigenvalue weighted by molar-refractivity contribution is -0.136. The lowest BCUT2D eigenvalue weighted by Gasteiger charge is -2.47. The van der Waals surface area contributed by atoms with E-state index in [-0.39, 0.29) is 18.2 Å². The molecule has 1 atom stereocenters. The van der Waals surface area contributed by atoms with Gasteiger partial charge in [-0.25, -0.2) is 4.98 Å². The van der Waals surface area contributed by atoms with Gasteiger partial charge < -0.3 is 34.6 Å². The van der Waals surface area contributed by atoms with Gasteiger partial charge in [-0.3, -0.25) is 29.7 Å². The summed E-state index contributed by atoms with van der Waals surface area (Å²) in [5, 5.41) is 9.77. The molecule has 2 aromatic heterocycles. The Morgan fingerprint density at radius 2 is 1.65 bits per heavy atom. The van der Waals surface area contributed by atoms with Gasteiger partial charge in [-0.1, -0.05) is 43.6 Å². The van der Waals surface area contributed by atoms with Crippen LogP contribution in [-0.4, -0.2) is 107 Å². The van der Waals surface area contributed by atoms with Crippen LogP contribution in [0.3, 0.4) is 0 Å². The van der Waals surface area contributed by atoms with Gasteiger partial charge in [0.2, 0.25) is 17.8 Å². The number of aromatic nitrogens is 4. The van der Waals surface area contributed by atoms with Gasteiger partial charge in [0.25, 0.3) is 5.91 Å². The number of hydrogen-bond donors (Lipinski definition) is 3. The number of anilines is 5. The number of ether oxygens (including phenoxy) is 1. The third-order valence-corrected chi connectivity index (χ3v) is 16.9. The second kappa shape index (κ2) is 21.9. The molecule has 71 heavy (non-hydrogen) atoms. The normalized spacial score (nSPS) is 18.0. The highest BCUT2D eigenvalue weighted by molar-refractivity contribution is 9.10. The molecule has 15 nitrogen and oxygen atoms in total. The zero-order valence-electron chi connectivity index (χ0n) is 41.3. The predicted molar refractivity (Wildman–Crippen MR) is 284 cm³/mol. The summed E-state index contributed by atoms with van der Waals surface area (Å²) in [5.74, 6) is 7.41. The highest BCUT2D eigenvalue weighted by Crippen LogP contribution is 2.45. The monoisotopic (exact) mass is 1040 g/mol. The van der Waals surface area contributed by atoms with Crippen molar-refractivity contribution in [2.45, 2.75) is 103 Å². The summed E-state index contributed by atoms with van der Waals surface area (Å²) in [7, 11) is -1.07. The number of nitrogens with zero attached hydrogens (tertiary/aromatic N) is 7. The van der Waals surface area contributed by atoms with E-state index >= 15 is 0 Å². The quantitative estimate of drug-likeness (QED) is 0.0369. The van der Waals surface area contributed by atoms with Crippen molar-refractivity contribution >= 4 is 86.0 Å². The Morgan fingerprint density at radius 3 is 2.41 bits per heavy atom. The van der Waals surface area contributed by atoms with Crippen molar-refractivity contribution < 1.29 is 23.7 Å². The fourth-order valence-corrected chi connectivity index (χ4v) is 12.5. The largest absolute Gasteiger partial charge is 0.494 e. The van der Waals surface area contributed by atoms with Gasteiger partial charge in [0.05, 0.1) is 33.8 Å². The molecule has 3 N–H and O–H groups in total. The van der Waals surface area contributed by atoms with E-state index in [4.69, 9.17) is 9.72 Å². The molecule has 3 aromatic carbocycles. The standard InChI is InChI=1S/C54H64BrN10O5P/c1-36-32-43(60-53-58-34-40(55)50(62-53)59-42-18-17-41-48(57-26-25-56-41)49(42)71(3,4)69)46(70-2)33-45(36)64-30-23-54(24-31-64)21-28-63(29-22-54)27-12-10-8-6-5-7-9-11-14-37-15-13-16-38-39(37)35-65(52(38)68)44-19-20-47(66)61-51(44)67/h13,15-18,25-26,32-34,44H,5-10,12,19-24,27-31,35H2,1-4H3,(H,61,66,67)(H2,58,59,60,62). The maximum absolute atomic E-state index is 13.5. The first-order chi connectivity index (χ1) is 34.3. The predicted octanol–water partition coefficient (Wildman–Crippen LogP) is 9.46. The number of halogens is 1. The van der Waals surface area contributed by atoms with E-state index in [1.165, 1.54) is 76.7 Å². The first kappa shape index (κ1) is 50.1. The topological polar surface area (TPSA) is 175 Å². The summed E-state index contributed by atoms with van der Waals surface area (Å²) in [6, 6.07) is 13.0. The molecule has 0 radical (unpaired) electrons. The molecular weight excluding hydrogens is 980 g/mol. The number of imide groups is 1. The van der Waals surface area contributed by atoms with E-state index in [0.717, 1.165) is 54.7 Å². The second-order valence-electron chi connectivity index (χ2n) is 19.9. The van der Waals surface area contributed by atoms with E-state index in [9.17, 15) is 18.9 Å². The van der Waals surface area contributed by atoms with Crippen molar-refractivity contribution in [3.05, 3.63) is 87.8 Å². The molecule has 372 valence electrons. The minimum Gasteiger partial charge on any atom is -0.494 e. The summed E-state index contributed by atoms with van der Waals surface area (Å²) < 4.78 is 20.1. The number of amides is 3. The summed E-state index contributed by atoms with van der Waals surface area (Å²) in [6.45, 7) is 11.6. The SMILES string of the molecule is COc1cc(N2CCC3(CCN(CCCCCCCCC#Cc4cccc5c4CN(C4CCC(=O)NC4=O)C5=O)CC3)CC2)c(C)cc1Nc1ncc(Br)c(Nc2ccc3nccnc3c2P(C)(C)=O)n1. The second-order valence-corrected chi connectivity index (χ2v) is 24.0. The van der Waals surface area contributed by atoms with Crippen molar-refractivity contribution in [3.63, 3.8) is 0 Å². The zero-order chi connectivity index (χ0) is 49.7. The molecule has 3 saturated heterocycles. The first-order valence-electron chi connectivity index (χ1n) is 25.1. The average molecular weight is 1040 g/mol. The van der Waals surface area contributed by atoms with Crippen molar-refractivity contribution in [2.24, 2.45) is 5.41 Å². The van der Waals surface area contributed by atoms with Crippen LogP contribution in [0, 0.1) is 24.2 Å². The number of carbonyl (C=O) groups excluding carboxylic acids is 3. The summed E-state index contributed by atoms with van der Waals surface area (Å²) in [5.41, 5.74) is 7.81. The van der Waals surface area contributed by atoms with E-state index in [1.54, 1.807) is 50.0 Å². The van der Waals surface area contributed by atoms with Crippen LogP contribution in [0.4, 0.5) is 28.8 Å². The van der Waals surface area contributed by atoms with E-state index in [2.05, 4.69) is 87.5 Å². The number of unbranched alkanes of at least 4 members (excludes halogenated alkanes) is 6. The minimum atomic E-state index is -2.77. The van der Waals surface area contributed by atoms with Crippen molar-refractivity contribution in [2.75, 3.05) is 68.7 Å². The summed E-state index contributed by atoms with van der Waals surface area (Å²) in [4.78, 5) is 62.3. The number of aryl methyl sites for hydroxylation is 1. The number of fused-ring (bicyclic) bond motifs is 2. The van der Waals surface area contributed by atoms with Crippen molar-refractivity contribution in [1.29, 1.82) is 0 Å². The molecule has 1 unspecified atom stereocenters. The maximum Gasteiger partial charge on any atom is 0.255 e. The van der Waals surface area contributed by atoms with Gasteiger partial charge in [0, 0.05) is 73.9 Å². The zero-order valence-corrected chi connectivity index (χ0v) is 43.8. The third kappa shape index (κ3) is 11.4. The molecule has 0 aliphatic carbocycles. The van der Waals surface area contributed by atoms with Crippen molar-refractivity contribution in [1.82, 2.24) is 35.1 Å². The Hall–Kier alpha value is -5.88. The average Bonchev–Trinajstić information content (AvgIpc) is 3.69. The van der Waals surface area contributed by atoms with E-state index in [0.29, 0.717) is 68.0 Å². The highest BCUT2D eigenvalue weighted by atomic mass is 79.9. The highest BCUT2D eigenvalue weighted by Gasteiger charge is 2.40. The number of methoxy groups -OCH3 is 1. The fraction of sp³-hybridized carbons (Fsp3) is 0.463. The van der Waals surface area contributed by atoms with Crippen LogP contribution >= 0.6 is 23.1 Å². The van der Waals surface area contributed by atoms with Crippen LogP contribution in [0.1, 0.15) is 111 Å². The van der Waals surface area contributed by atoms with E-state index < -0.39 is 19.1 Å². The molecule has 17 heteroatoms. The fourth-order valence-electron chi connectivity index (χ4n) is 10.8. The molecule has 3 amide bonds. The summed E-state index contributed by atoms with van der Waals surface area (Å²) >= 11 is 3.60. The number of nitrogens with one attached hydrogen (secondary N) is 3. The molecule has 1 spiro atoms. The molecule has 4 aliphatic rings. The number of carbonyl (C=O) groups is 3. The number of likely N-dealkylation sites (tertiary alicyclic amines) is 1. The molecule has 3 fully saturated rings. The number of hydrogen-bond acceptors (Lipinski definition) is 13. The van der Waals surface area contributed by atoms with Crippen LogP contribution in [-0.2, 0) is 20.7 Å². The van der Waals surface area contributed by atoms with Gasteiger partial charge in [0.1, 0.15) is 30.3 Å². The number of benzene rings is 3. The molecule has 9 rings (SSSR count). The summed E-state index contributed by atoms with van der Waals surface area (Å²) in [6.07, 6.45) is 18.5. The van der Waals surface area contributed by atoms with Crippen molar-refractivity contribution in [3.8, 4) is 17.6 Å². The third-order valence-electron chi connectivity index (χ3n) is 14.8. The molecule has 6 heterocycles. The maximum atomic E-state index is 13.5. The molecular formula is C54H64BrN10O5P. The Balaban J connectivity index is 0.691. The number of piperidine rings is 3. The van der Waals surface area contributed by atoms with Crippen LogP contribution in [0.2, 0.25) is 0 Å². The lowest BCUT2D eigenvalue weighted by Crippen LogP contribution is -2.52. The Bertz CT molecular complexity index is 2930. The lowest BCUT2D eigenvalue weighted by atomic mass is 9.71. The van der Waals surface area contributed by atoms with Crippen LogP contribution in [0.25, 0.3) is 11.0 Å². The van der Waals surface area contributed by atoms with Crippen LogP contribution < -0.4 is 30.9 Å². The number of rotatable bonds is 16. The van der Waals surface area contributed by atoms with Gasteiger partial charge in [0.15, 0.2) is 0 Å². The first-order valence-corrected chi connectivity index (χ1v) is 28.5. The minimum absolute atomic E-state index is 0.163. The molecule has 5 aromatic rings. The molecule has 4 aliphatic heterocycles. The Kier molecular flexibility index (Phi) is 15.4. The molecule has 0 saturated carbocycles. The van der Waals surface area contributed by atoms with Crippen LogP contribution in [0.15, 0.2) is 65.5 Å². The van der Waals surface area contributed by atoms with Gasteiger partial charge in [-0.2, -0.15) is 4.98 Å².